The maximum absolute atomic E-state index is 6.24. The Labute approximate surface area is 116 Å². The molecule has 0 aliphatic heterocycles. The molecule has 2 atom stereocenters. The summed E-state index contributed by atoms with van der Waals surface area (Å²) in [4.78, 5) is 0. The number of para-hydroxylation sites is 1. The standard InChI is InChI=1S/C17H23NO/c1-2-14-8-3-5-11-16(14)19-17-12-6-4-9-15(17)10-7-13-18/h4,6,9,12,14,16H,2-3,5,8,11,13,18H2,1H3. The number of hydrogen-bond acceptors (Lipinski definition) is 2. The van der Waals surface area contributed by atoms with Crippen molar-refractivity contribution >= 4 is 0 Å². The average molecular weight is 257 g/mol. The Kier molecular flexibility index (Phi) is 5.30. The molecule has 1 fully saturated rings. The molecule has 0 spiro atoms. The monoisotopic (exact) mass is 257 g/mol. The summed E-state index contributed by atoms with van der Waals surface area (Å²) in [7, 11) is 0. The van der Waals surface area contributed by atoms with Crippen LogP contribution in [0.25, 0.3) is 0 Å². The van der Waals surface area contributed by atoms with Gasteiger partial charge >= 0.3 is 0 Å². The molecule has 2 N–H and O–H groups in total. The topological polar surface area (TPSA) is 35.2 Å². The van der Waals surface area contributed by atoms with E-state index in [1.807, 2.05) is 24.3 Å². The van der Waals surface area contributed by atoms with Gasteiger partial charge in [0.1, 0.15) is 11.9 Å². The Bertz CT molecular complexity index is 458. The average Bonchev–Trinajstić information content (AvgIpc) is 2.47. The van der Waals surface area contributed by atoms with E-state index in [4.69, 9.17) is 10.5 Å². The quantitative estimate of drug-likeness (QED) is 0.843. The number of benzene rings is 1. The second-order valence-electron chi connectivity index (χ2n) is 5.11. The highest BCUT2D eigenvalue weighted by molar-refractivity contribution is 5.46. The van der Waals surface area contributed by atoms with E-state index in [1.165, 1.54) is 25.7 Å². The van der Waals surface area contributed by atoms with Gasteiger partial charge in [-0.3, -0.25) is 0 Å². The molecule has 0 bridgehead atoms. The van der Waals surface area contributed by atoms with Crippen LogP contribution < -0.4 is 10.5 Å². The minimum atomic E-state index is 0.347. The van der Waals surface area contributed by atoms with Crippen molar-refractivity contribution in [1.82, 2.24) is 0 Å². The highest BCUT2D eigenvalue weighted by Crippen LogP contribution is 2.31. The predicted octanol–water partition coefficient (Wildman–Crippen LogP) is 3.34. The Balaban J connectivity index is 2.13. The van der Waals surface area contributed by atoms with Crippen molar-refractivity contribution in [2.24, 2.45) is 11.7 Å². The van der Waals surface area contributed by atoms with Gasteiger partial charge in [0, 0.05) is 0 Å². The van der Waals surface area contributed by atoms with Crippen LogP contribution in [-0.2, 0) is 0 Å². The number of rotatable bonds is 3. The number of nitrogens with two attached hydrogens (primary N) is 1. The fourth-order valence-corrected chi connectivity index (χ4v) is 2.78. The Morgan fingerprint density at radius 2 is 2.05 bits per heavy atom. The van der Waals surface area contributed by atoms with Gasteiger partial charge in [-0.05, 0) is 43.7 Å². The molecule has 0 amide bonds. The predicted molar refractivity (Wildman–Crippen MR) is 79.0 cm³/mol. The summed E-state index contributed by atoms with van der Waals surface area (Å²) >= 11 is 0. The smallest absolute Gasteiger partial charge is 0.135 e. The van der Waals surface area contributed by atoms with E-state index >= 15 is 0 Å². The van der Waals surface area contributed by atoms with Crippen LogP contribution in [0.4, 0.5) is 0 Å². The third-order valence-corrected chi connectivity index (χ3v) is 3.85. The molecule has 102 valence electrons. The van der Waals surface area contributed by atoms with Gasteiger partial charge in [0.15, 0.2) is 0 Å². The van der Waals surface area contributed by atoms with Crippen molar-refractivity contribution in [3.8, 4) is 17.6 Å². The molecular weight excluding hydrogens is 234 g/mol. The normalized spacial score (nSPS) is 22.4. The molecular formula is C17H23NO. The third-order valence-electron chi connectivity index (χ3n) is 3.85. The molecule has 1 aliphatic rings. The zero-order valence-corrected chi connectivity index (χ0v) is 11.7. The Morgan fingerprint density at radius 3 is 2.84 bits per heavy atom. The summed E-state index contributed by atoms with van der Waals surface area (Å²) in [5.41, 5.74) is 6.39. The maximum atomic E-state index is 6.24. The minimum Gasteiger partial charge on any atom is -0.489 e. The Hall–Kier alpha value is -1.46. The van der Waals surface area contributed by atoms with Gasteiger partial charge in [0.05, 0.1) is 12.1 Å². The van der Waals surface area contributed by atoms with Gasteiger partial charge in [0.2, 0.25) is 0 Å². The van der Waals surface area contributed by atoms with E-state index in [-0.39, 0.29) is 0 Å². The SMILES string of the molecule is CCC1CCCCC1Oc1ccccc1C#CCN. The summed E-state index contributed by atoms with van der Waals surface area (Å²) in [5.74, 6) is 7.60. The molecule has 2 nitrogen and oxygen atoms in total. The molecule has 2 heteroatoms. The summed E-state index contributed by atoms with van der Waals surface area (Å²) in [5, 5.41) is 0. The van der Waals surface area contributed by atoms with Crippen LogP contribution in [0.5, 0.6) is 5.75 Å². The molecule has 1 aromatic rings. The highest BCUT2D eigenvalue weighted by Gasteiger charge is 2.25. The first-order valence-electron chi connectivity index (χ1n) is 7.29. The third kappa shape index (κ3) is 3.75. The molecule has 2 unspecified atom stereocenters. The Morgan fingerprint density at radius 1 is 1.26 bits per heavy atom. The van der Waals surface area contributed by atoms with E-state index < -0.39 is 0 Å². The van der Waals surface area contributed by atoms with Gasteiger partial charge in [-0.2, -0.15) is 0 Å². The van der Waals surface area contributed by atoms with Crippen molar-refractivity contribution in [3.05, 3.63) is 29.8 Å². The van der Waals surface area contributed by atoms with Gasteiger partial charge < -0.3 is 10.5 Å². The second-order valence-corrected chi connectivity index (χ2v) is 5.11. The molecule has 0 radical (unpaired) electrons. The lowest BCUT2D eigenvalue weighted by molar-refractivity contribution is 0.0901. The van der Waals surface area contributed by atoms with Crippen molar-refractivity contribution in [2.45, 2.75) is 45.1 Å². The largest absolute Gasteiger partial charge is 0.489 e. The summed E-state index contributed by atoms with van der Waals surface area (Å²) in [6, 6.07) is 8.02. The lowest BCUT2D eigenvalue weighted by Crippen LogP contribution is -2.30. The van der Waals surface area contributed by atoms with Crippen molar-refractivity contribution < 1.29 is 4.74 Å². The molecule has 1 saturated carbocycles. The number of ether oxygens (including phenoxy) is 1. The van der Waals surface area contributed by atoms with Crippen LogP contribution in [0.3, 0.4) is 0 Å². The van der Waals surface area contributed by atoms with E-state index in [0.29, 0.717) is 18.6 Å². The van der Waals surface area contributed by atoms with Crippen LogP contribution in [0.2, 0.25) is 0 Å². The van der Waals surface area contributed by atoms with E-state index in [2.05, 4.69) is 18.8 Å². The van der Waals surface area contributed by atoms with Crippen molar-refractivity contribution in [2.75, 3.05) is 6.54 Å². The highest BCUT2D eigenvalue weighted by atomic mass is 16.5. The van der Waals surface area contributed by atoms with Crippen LogP contribution >= 0.6 is 0 Å². The van der Waals surface area contributed by atoms with E-state index in [1.54, 1.807) is 0 Å². The van der Waals surface area contributed by atoms with Crippen molar-refractivity contribution in [3.63, 3.8) is 0 Å². The first-order valence-corrected chi connectivity index (χ1v) is 7.29. The van der Waals surface area contributed by atoms with Crippen LogP contribution in [0.1, 0.15) is 44.6 Å². The molecule has 19 heavy (non-hydrogen) atoms. The molecule has 0 heterocycles. The lowest BCUT2D eigenvalue weighted by atomic mass is 9.84. The van der Waals surface area contributed by atoms with Gasteiger partial charge in [0.25, 0.3) is 0 Å². The zero-order chi connectivity index (χ0) is 13.5. The fourth-order valence-electron chi connectivity index (χ4n) is 2.78. The molecule has 0 saturated heterocycles. The molecule has 1 aliphatic carbocycles. The summed E-state index contributed by atoms with van der Waals surface area (Å²) in [6.45, 7) is 2.64. The first kappa shape index (κ1) is 14.0. The molecule has 2 rings (SSSR count). The van der Waals surface area contributed by atoms with Crippen LogP contribution in [0, 0.1) is 17.8 Å². The van der Waals surface area contributed by atoms with E-state index in [0.717, 1.165) is 17.7 Å². The van der Waals surface area contributed by atoms with Crippen LogP contribution in [-0.4, -0.2) is 12.6 Å². The summed E-state index contributed by atoms with van der Waals surface area (Å²) < 4.78 is 6.24. The molecule has 0 aromatic heterocycles. The van der Waals surface area contributed by atoms with Crippen molar-refractivity contribution in [1.29, 1.82) is 0 Å². The molecule has 1 aromatic carbocycles. The van der Waals surface area contributed by atoms with Crippen LogP contribution in [0.15, 0.2) is 24.3 Å². The summed E-state index contributed by atoms with van der Waals surface area (Å²) in [6.07, 6.45) is 6.61. The fraction of sp³-hybridized carbons (Fsp3) is 0.529. The van der Waals surface area contributed by atoms with Gasteiger partial charge in [-0.25, -0.2) is 0 Å². The second kappa shape index (κ2) is 7.21. The minimum absolute atomic E-state index is 0.347. The lowest BCUT2D eigenvalue weighted by Gasteiger charge is -2.31. The maximum Gasteiger partial charge on any atom is 0.135 e. The van der Waals surface area contributed by atoms with Gasteiger partial charge in [-0.1, -0.05) is 37.3 Å². The number of hydrogen-bond donors (Lipinski definition) is 1. The van der Waals surface area contributed by atoms with Gasteiger partial charge in [-0.15, -0.1) is 0 Å². The van der Waals surface area contributed by atoms with E-state index in [9.17, 15) is 0 Å². The first-order chi connectivity index (χ1) is 9.35. The zero-order valence-electron chi connectivity index (χ0n) is 11.7.